The quantitative estimate of drug-likeness (QED) is 0.655. The first-order chi connectivity index (χ1) is 13.8. The van der Waals surface area contributed by atoms with Crippen molar-refractivity contribution in [3.05, 3.63) is 62.5 Å². The van der Waals surface area contributed by atoms with Gasteiger partial charge < -0.3 is 0 Å². The van der Waals surface area contributed by atoms with Gasteiger partial charge in [-0.25, -0.2) is 32.0 Å². The summed E-state index contributed by atoms with van der Waals surface area (Å²) in [6, 6.07) is 4.86. The zero-order valence-electron chi connectivity index (χ0n) is 15.7. The van der Waals surface area contributed by atoms with Crippen molar-refractivity contribution in [3.63, 3.8) is 0 Å². The molecule has 0 radical (unpaired) electrons. The van der Waals surface area contributed by atoms with Crippen molar-refractivity contribution in [1.29, 1.82) is 0 Å². The van der Waals surface area contributed by atoms with Gasteiger partial charge in [-0.3, -0.25) is 4.57 Å². The fourth-order valence-electron chi connectivity index (χ4n) is 3.43. The van der Waals surface area contributed by atoms with E-state index < -0.39 is 21.9 Å². The normalized spacial score (nSPS) is 17.1. The van der Waals surface area contributed by atoms with Crippen LogP contribution in [0.25, 0.3) is 0 Å². The van der Waals surface area contributed by atoms with Crippen molar-refractivity contribution in [3.8, 4) is 0 Å². The maximum Gasteiger partial charge on any atom is 0.346 e. The lowest BCUT2D eigenvalue weighted by atomic mass is 10.1. The number of thiazole rings is 1. The van der Waals surface area contributed by atoms with E-state index in [4.69, 9.17) is 0 Å². The number of aromatic nitrogens is 4. The zero-order chi connectivity index (χ0) is 20.6. The summed E-state index contributed by atoms with van der Waals surface area (Å²) in [5.41, 5.74) is 0.557. The summed E-state index contributed by atoms with van der Waals surface area (Å²) >= 11 is 1.52. The molecule has 0 saturated heterocycles. The molecule has 3 aromatic rings. The minimum Gasteiger partial charge on any atom is -0.279 e. The molecule has 8 nitrogen and oxygen atoms in total. The van der Waals surface area contributed by atoms with Crippen molar-refractivity contribution in [2.45, 2.75) is 50.2 Å². The molecule has 1 aliphatic heterocycles. The maximum absolute atomic E-state index is 13.9. The van der Waals surface area contributed by atoms with Gasteiger partial charge in [0, 0.05) is 24.4 Å². The highest BCUT2D eigenvalue weighted by molar-refractivity contribution is 7.89. The van der Waals surface area contributed by atoms with Gasteiger partial charge in [-0.2, -0.15) is 5.10 Å². The Labute approximate surface area is 171 Å². The molecule has 0 saturated carbocycles. The van der Waals surface area contributed by atoms with Crippen molar-refractivity contribution in [2.24, 2.45) is 0 Å². The van der Waals surface area contributed by atoms with Gasteiger partial charge in [-0.1, -0.05) is 12.1 Å². The van der Waals surface area contributed by atoms with Crippen LogP contribution >= 0.6 is 11.3 Å². The van der Waals surface area contributed by atoms with Gasteiger partial charge in [-0.05, 0) is 31.9 Å². The van der Waals surface area contributed by atoms with E-state index in [1.54, 1.807) is 4.57 Å². The molecule has 0 fully saturated rings. The molecule has 2 aromatic heterocycles. The number of hydrogen-bond donors (Lipinski definition) is 1. The Hall–Kier alpha value is -2.37. The number of halogens is 1. The lowest BCUT2D eigenvalue weighted by Crippen LogP contribution is -2.36. The summed E-state index contributed by atoms with van der Waals surface area (Å²) in [6.45, 7) is 2.56. The Morgan fingerprint density at radius 2 is 2.10 bits per heavy atom. The molecule has 4 rings (SSSR count). The highest BCUT2D eigenvalue weighted by atomic mass is 32.2. The smallest absolute Gasteiger partial charge is 0.279 e. The summed E-state index contributed by atoms with van der Waals surface area (Å²) in [5.74, 6) is -0.170. The van der Waals surface area contributed by atoms with E-state index in [-0.39, 0.29) is 10.6 Å². The van der Waals surface area contributed by atoms with Gasteiger partial charge in [0.1, 0.15) is 16.5 Å². The van der Waals surface area contributed by atoms with Crippen LogP contribution in [0.1, 0.15) is 29.4 Å². The lowest BCUT2D eigenvalue weighted by molar-refractivity contribution is 0.484. The molecule has 1 aromatic carbocycles. The molecule has 0 aliphatic carbocycles. The summed E-state index contributed by atoms with van der Waals surface area (Å²) < 4.78 is 44.5. The molecule has 11 heteroatoms. The first-order valence-corrected chi connectivity index (χ1v) is 11.5. The number of aryl methyl sites for hydroxylation is 2. The van der Waals surface area contributed by atoms with Crippen LogP contribution in [0, 0.1) is 12.7 Å². The topological polar surface area (TPSA) is 98.9 Å². The highest BCUT2D eigenvalue weighted by Gasteiger charge is 2.26. The third-order valence-electron chi connectivity index (χ3n) is 4.84. The second kappa shape index (κ2) is 7.81. The summed E-state index contributed by atoms with van der Waals surface area (Å²) in [5, 5.41) is 7.24. The summed E-state index contributed by atoms with van der Waals surface area (Å²) in [4.78, 5) is 16.7. The number of sulfonamides is 1. The minimum atomic E-state index is -3.98. The van der Waals surface area contributed by atoms with Crippen LogP contribution in [-0.2, 0) is 29.5 Å². The molecule has 0 spiro atoms. The Bertz CT molecular complexity index is 1200. The average Bonchev–Trinajstić information content (AvgIpc) is 3.14. The first kappa shape index (κ1) is 19.9. The lowest BCUT2D eigenvalue weighted by Gasteiger charge is -2.16. The molecule has 29 heavy (non-hydrogen) atoms. The standard InChI is InChI=1S/C18H20FN5O3S2/c1-12-20-14(11-28-12)10-24-18(25)23-9-8-13(6-7-17(23)21-24)22-29(26,27)16-5-3-2-4-15(16)19/h2-5,11,13,22H,6-10H2,1H3. The third kappa shape index (κ3) is 4.16. The maximum atomic E-state index is 13.9. The van der Waals surface area contributed by atoms with E-state index in [9.17, 15) is 17.6 Å². The van der Waals surface area contributed by atoms with Gasteiger partial charge in [0.15, 0.2) is 0 Å². The Morgan fingerprint density at radius 3 is 2.83 bits per heavy atom. The van der Waals surface area contributed by atoms with Crippen LogP contribution in [0.2, 0.25) is 0 Å². The largest absolute Gasteiger partial charge is 0.346 e. The number of nitrogens with one attached hydrogen (secondary N) is 1. The second-order valence-electron chi connectivity index (χ2n) is 6.94. The predicted octanol–water partition coefficient (Wildman–Crippen LogP) is 1.68. The van der Waals surface area contributed by atoms with Crippen molar-refractivity contribution < 1.29 is 12.8 Å². The van der Waals surface area contributed by atoms with Gasteiger partial charge in [0.2, 0.25) is 10.0 Å². The van der Waals surface area contributed by atoms with E-state index >= 15 is 0 Å². The number of nitrogens with zero attached hydrogens (tertiary/aromatic N) is 4. The van der Waals surface area contributed by atoms with Crippen LogP contribution < -0.4 is 10.4 Å². The SMILES string of the molecule is Cc1nc(Cn2nc3n(c2=O)CCC(NS(=O)(=O)c2ccccc2F)CC3)cs1. The molecule has 154 valence electrons. The molecule has 1 N–H and O–H groups in total. The van der Waals surface area contributed by atoms with E-state index in [2.05, 4.69) is 14.8 Å². The monoisotopic (exact) mass is 437 g/mol. The Morgan fingerprint density at radius 1 is 1.31 bits per heavy atom. The van der Waals surface area contributed by atoms with Gasteiger partial charge in [0.25, 0.3) is 0 Å². The molecule has 3 heterocycles. The van der Waals surface area contributed by atoms with E-state index in [1.165, 1.54) is 34.2 Å². The first-order valence-electron chi connectivity index (χ1n) is 9.18. The Kier molecular flexibility index (Phi) is 5.36. The van der Waals surface area contributed by atoms with Crippen molar-refractivity contribution in [2.75, 3.05) is 0 Å². The van der Waals surface area contributed by atoms with E-state index in [0.717, 1.165) is 16.8 Å². The van der Waals surface area contributed by atoms with Crippen LogP contribution in [0.4, 0.5) is 4.39 Å². The molecule has 1 unspecified atom stereocenters. The fourth-order valence-corrected chi connectivity index (χ4v) is 5.42. The predicted molar refractivity (Wildman–Crippen MR) is 106 cm³/mol. The number of benzene rings is 1. The molecular weight excluding hydrogens is 417 g/mol. The van der Waals surface area contributed by atoms with Crippen LogP contribution in [0.3, 0.4) is 0 Å². The molecule has 0 amide bonds. The number of fused-ring (bicyclic) bond motifs is 1. The summed E-state index contributed by atoms with van der Waals surface area (Å²) in [7, 11) is -3.98. The van der Waals surface area contributed by atoms with Crippen LogP contribution in [0.15, 0.2) is 39.3 Å². The molecule has 0 bridgehead atoms. The van der Waals surface area contributed by atoms with Gasteiger partial charge in [-0.15, -0.1) is 11.3 Å². The van der Waals surface area contributed by atoms with Gasteiger partial charge in [0.05, 0.1) is 17.2 Å². The highest BCUT2D eigenvalue weighted by Crippen LogP contribution is 2.18. The number of rotatable bonds is 5. The molecular formula is C18H20FN5O3S2. The van der Waals surface area contributed by atoms with Crippen molar-refractivity contribution >= 4 is 21.4 Å². The zero-order valence-corrected chi connectivity index (χ0v) is 17.3. The third-order valence-corrected chi connectivity index (χ3v) is 7.22. The fraction of sp³-hybridized carbons (Fsp3) is 0.389. The van der Waals surface area contributed by atoms with E-state index in [0.29, 0.717) is 38.2 Å². The van der Waals surface area contributed by atoms with Crippen LogP contribution in [-0.4, -0.2) is 33.8 Å². The van der Waals surface area contributed by atoms with Gasteiger partial charge >= 0.3 is 5.69 Å². The molecule has 1 aliphatic rings. The Balaban J connectivity index is 1.48. The van der Waals surface area contributed by atoms with E-state index in [1.807, 2.05) is 12.3 Å². The molecule has 1 atom stereocenters. The number of hydrogen-bond acceptors (Lipinski definition) is 6. The summed E-state index contributed by atoms with van der Waals surface area (Å²) in [6.07, 6.45) is 1.34. The van der Waals surface area contributed by atoms with Crippen LogP contribution in [0.5, 0.6) is 0 Å². The minimum absolute atomic E-state index is 0.233. The van der Waals surface area contributed by atoms with Crippen molar-refractivity contribution in [1.82, 2.24) is 24.1 Å². The second-order valence-corrected chi connectivity index (χ2v) is 9.69. The average molecular weight is 438 g/mol.